The summed E-state index contributed by atoms with van der Waals surface area (Å²) in [4.78, 5) is 12.4. The van der Waals surface area contributed by atoms with Gasteiger partial charge < -0.3 is 10.2 Å². The molecule has 2 heterocycles. The van der Waals surface area contributed by atoms with Gasteiger partial charge in [0.1, 0.15) is 17.5 Å². The predicted octanol–water partition coefficient (Wildman–Crippen LogP) is 3.73. The first-order chi connectivity index (χ1) is 10.7. The van der Waals surface area contributed by atoms with Gasteiger partial charge in [0.15, 0.2) is 0 Å². The highest BCUT2D eigenvalue weighted by Crippen LogP contribution is 2.41. The molecule has 0 bridgehead atoms. The molecule has 1 aromatic heterocycles. The maximum atomic E-state index is 5.02. The minimum Gasteiger partial charge on any atom is -0.367 e. The number of hydrogen-bond donors (Lipinski definition) is 1. The van der Waals surface area contributed by atoms with Crippen LogP contribution in [0.3, 0.4) is 0 Å². The minimum absolute atomic E-state index is 0.619. The molecule has 2 aliphatic carbocycles. The molecule has 0 radical (unpaired) electrons. The van der Waals surface area contributed by atoms with Crippen LogP contribution in [-0.2, 0) is 6.42 Å². The molecule has 0 unspecified atom stereocenters. The number of anilines is 2. The molecule has 1 aromatic rings. The third-order valence-corrected chi connectivity index (χ3v) is 5.30. The lowest BCUT2D eigenvalue weighted by molar-refractivity contribution is 0.435. The van der Waals surface area contributed by atoms with Gasteiger partial charge in [0.2, 0.25) is 0 Å². The Hall–Kier alpha value is -1.32. The quantitative estimate of drug-likeness (QED) is 0.899. The first-order valence-electron chi connectivity index (χ1n) is 9.17. The topological polar surface area (TPSA) is 41.1 Å². The molecule has 3 fully saturated rings. The molecule has 0 amide bonds. The van der Waals surface area contributed by atoms with E-state index in [-0.39, 0.29) is 0 Å². The van der Waals surface area contributed by atoms with E-state index in [0.29, 0.717) is 12.0 Å². The van der Waals surface area contributed by atoms with Gasteiger partial charge in [-0.3, -0.25) is 0 Å². The summed E-state index contributed by atoms with van der Waals surface area (Å²) in [6, 6.07) is 0.654. The normalized spacial score (nSPS) is 22.9. The Balaban J connectivity index is 1.68. The predicted molar refractivity (Wildman–Crippen MR) is 90.6 cm³/mol. The van der Waals surface area contributed by atoms with Crippen molar-refractivity contribution in [3.8, 4) is 0 Å². The van der Waals surface area contributed by atoms with Gasteiger partial charge in [0.05, 0.1) is 0 Å². The fourth-order valence-corrected chi connectivity index (χ4v) is 3.36. The fourth-order valence-electron chi connectivity index (χ4n) is 3.36. The summed E-state index contributed by atoms with van der Waals surface area (Å²) in [6.45, 7) is 6.91. The van der Waals surface area contributed by atoms with Crippen molar-refractivity contribution in [2.45, 2.75) is 70.8 Å². The highest BCUT2D eigenvalue weighted by atomic mass is 15.2. The maximum Gasteiger partial charge on any atom is 0.137 e. The van der Waals surface area contributed by atoms with Gasteiger partial charge in [-0.25, -0.2) is 9.97 Å². The molecule has 0 atom stereocenters. The van der Waals surface area contributed by atoms with Crippen LogP contribution in [0.4, 0.5) is 11.6 Å². The lowest BCUT2D eigenvalue weighted by Gasteiger charge is -2.33. The Kier molecular flexibility index (Phi) is 3.71. The SMILES string of the molecule is CCc1c(NC2CC2)nc(C2CC2)nc1N1CCC(C)CC1. The van der Waals surface area contributed by atoms with Crippen molar-refractivity contribution in [3.63, 3.8) is 0 Å². The van der Waals surface area contributed by atoms with Crippen LogP contribution >= 0.6 is 0 Å². The molecular weight excluding hydrogens is 272 g/mol. The summed E-state index contributed by atoms with van der Waals surface area (Å²) in [6.07, 6.45) is 8.72. The highest BCUT2D eigenvalue weighted by molar-refractivity contribution is 5.60. The summed E-state index contributed by atoms with van der Waals surface area (Å²) >= 11 is 0. The largest absolute Gasteiger partial charge is 0.367 e. The van der Waals surface area contributed by atoms with E-state index in [2.05, 4.69) is 24.1 Å². The standard InChI is InChI=1S/C18H28N4/c1-3-15-17(19-14-6-7-14)20-16(13-4-5-13)21-18(15)22-10-8-12(2)9-11-22/h12-14H,3-11H2,1-2H3,(H,19,20,21). The van der Waals surface area contributed by atoms with Crippen LogP contribution in [-0.4, -0.2) is 29.1 Å². The lowest BCUT2D eigenvalue weighted by atomic mass is 9.99. The number of nitrogens with zero attached hydrogens (tertiary/aromatic N) is 3. The smallest absolute Gasteiger partial charge is 0.137 e. The summed E-state index contributed by atoms with van der Waals surface area (Å²) in [5, 5.41) is 3.67. The summed E-state index contributed by atoms with van der Waals surface area (Å²) < 4.78 is 0. The number of nitrogens with one attached hydrogen (secondary N) is 1. The summed E-state index contributed by atoms with van der Waals surface area (Å²) in [5.41, 5.74) is 1.34. The third-order valence-electron chi connectivity index (χ3n) is 5.30. The van der Waals surface area contributed by atoms with E-state index in [1.54, 1.807) is 0 Å². The monoisotopic (exact) mass is 300 g/mol. The van der Waals surface area contributed by atoms with Crippen molar-refractivity contribution in [2.75, 3.05) is 23.3 Å². The zero-order chi connectivity index (χ0) is 15.1. The number of rotatable bonds is 5. The molecule has 4 rings (SSSR count). The van der Waals surface area contributed by atoms with Crippen LogP contribution in [0, 0.1) is 5.92 Å². The first kappa shape index (κ1) is 14.3. The van der Waals surface area contributed by atoms with Gasteiger partial charge in [-0.2, -0.15) is 0 Å². The summed E-state index contributed by atoms with van der Waals surface area (Å²) in [5.74, 6) is 4.93. The second-order valence-corrected chi connectivity index (χ2v) is 7.45. The molecule has 3 aliphatic rings. The Bertz CT molecular complexity index is 540. The van der Waals surface area contributed by atoms with E-state index < -0.39 is 0 Å². The molecule has 120 valence electrons. The fraction of sp³-hybridized carbons (Fsp3) is 0.778. The molecular formula is C18H28N4. The van der Waals surface area contributed by atoms with Gasteiger partial charge in [-0.05, 0) is 50.9 Å². The zero-order valence-electron chi connectivity index (χ0n) is 13.9. The van der Waals surface area contributed by atoms with Crippen LogP contribution in [0.15, 0.2) is 0 Å². The van der Waals surface area contributed by atoms with E-state index in [4.69, 9.17) is 9.97 Å². The van der Waals surface area contributed by atoms with E-state index in [1.807, 2.05) is 0 Å². The Morgan fingerprint density at radius 3 is 2.36 bits per heavy atom. The van der Waals surface area contributed by atoms with Crippen molar-refractivity contribution in [1.82, 2.24) is 9.97 Å². The number of aromatic nitrogens is 2. The Morgan fingerprint density at radius 2 is 1.77 bits per heavy atom. The van der Waals surface area contributed by atoms with Gasteiger partial charge >= 0.3 is 0 Å². The molecule has 0 aromatic carbocycles. The van der Waals surface area contributed by atoms with Crippen LogP contribution in [0.25, 0.3) is 0 Å². The zero-order valence-corrected chi connectivity index (χ0v) is 13.9. The first-order valence-corrected chi connectivity index (χ1v) is 9.17. The van der Waals surface area contributed by atoms with E-state index >= 15 is 0 Å². The second-order valence-electron chi connectivity index (χ2n) is 7.45. The lowest BCUT2D eigenvalue weighted by Crippen LogP contribution is -2.34. The Labute approximate surface area is 133 Å². The van der Waals surface area contributed by atoms with Crippen molar-refractivity contribution < 1.29 is 0 Å². The van der Waals surface area contributed by atoms with Crippen molar-refractivity contribution in [2.24, 2.45) is 5.92 Å². The van der Waals surface area contributed by atoms with E-state index in [9.17, 15) is 0 Å². The van der Waals surface area contributed by atoms with Crippen molar-refractivity contribution in [3.05, 3.63) is 11.4 Å². The minimum atomic E-state index is 0.619. The van der Waals surface area contributed by atoms with Crippen LogP contribution < -0.4 is 10.2 Å². The molecule has 0 spiro atoms. The Morgan fingerprint density at radius 1 is 1.05 bits per heavy atom. The summed E-state index contributed by atoms with van der Waals surface area (Å²) in [7, 11) is 0. The van der Waals surface area contributed by atoms with Crippen LogP contribution in [0.1, 0.15) is 69.7 Å². The second kappa shape index (κ2) is 5.71. The third kappa shape index (κ3) is 2.92. The molecule has 1 aliphatic heterocycles. The van der Waals surface area contributed by atoms with Gasteiger partial charge in [-0.15, -0.1) is 0 Å². The number of hydrogen-bond acceptors (Lipinski definition) is 4. The average molecular weight is 300 g/mol. The molecule has 22 heavy (non-hydrogen) atoms. The maximum absolute atomic E-state index is 5.02. The molecule has 1 saturated heterocycles. The van der Waals surface area contributed by atoms with Crippen molar-refractivity contribution >= 4 is 11.6 Å². The van der Waals surface area contributed by atoms with Gasteiger partial charge in [0.25, 0.3) is 0 Å². The average Bonchev–Trinajstić information content (AvgIpc) is 3.40. The van der Waals surface area contributed by atoms with Crippen LogP contribution in [0.2, 0.25) is 0 Å². The highest BCUT2D eigenvalue weighted by Gasteiger charge is 2.31. The molecule has 4 heteroatoms. The van der Waals surface area contributed by atoms with Gasteiger partial charge in [-0.1, -0.05) is 13.8 Å². The van der Waals surface area contributed by atoms with Gasteiger partial charge in [0, 0.05) is 30.6 Å². The van der Waals surface area contributed by atoms with Crippen LogP contribution in [0.5, 0.6) is 0 Å². The van der Waals surface area contributed by atoms with E-state index in [0.717, 1.165) is 37.1 Å². The number of piperidine rings is 1. The van der Waals surface area contributed by atoms with E-state index in [1.165, 1.54) is 49.9 Å². The molecule has 2 saturated carbocycles. The molecule has 4 nitrogen and oxygen atoms in total. The molecule has 1 N–H and O–H groups in total. The van der Waals surface area contributed by atoms with Crippen molar-refractivity contribution in [1.29, 1.82) is 0 Å².